The van der Waals surface area contributed by atoms with Crippen molar-refractivity contribution in [1.82, 2.24) is 14.8 Å². The van der Waals surface area contributed by atoms with E-state index in [0.717, 1.165) is 30.6 Å². The van der Waals surface area contributed by atoms with E-state index in [4.69, 9.17) is 4.74 Å². The van der Waals surface area contributed by atoms with Gasteiger partial charge >= 0.3 is 0 Å². The zero-order valence-electron chi connectivity index (χ0n) is 20.9. The zero-order valence-corrected chi connectivity index (χ0v) is 22.5. The number of allylic oxidation sites excluding steroid dienone is 1. The lowest BCUT2D eigenvalue weighted by Gasteiger charge is -2.33. The fourth-order valence-corrected chi connectivity index (χ4v) is 6.39. The Balaban J connectivity index is 1.40. The minimum absolute atomic E-state index is 0.160. The molecule has 3 aromatic rings. The molecule has 36 heavy (non-hydrogen) atoms. The number of carbonyl (C=O) groups is 1. The second-order valence-corrected chi connectivity index (χ2v) is 11.9. The maximum atomic E-state index is 12.8. The maximum Gasteiger partial charge on any atom is 0.235 e. The van der Waals surface area contributed by atoms with Gasteiger partial charge in [0.05, 0.1) is 11.3 Å². The fraction of sp³-hybridized carbons (Fsp3) is 0.407. The molecule has 0 radical (unpaired) electrons. The normalized spacial score (nSPS) is 15.1. The van der Waals surface area contributed by atoms with Crippen LogP contribution in [0.25, 0.3) is 0 Å². The van der Waals surface area contributed by atoms with Gasteiger partial charge in [0.1, 0.15) is 23.4 Å². The monoisotopic (exact) mass is 521 g/mol. The Morgan fingerprint density at radius 3 is 2.83 bits per heavy atom. The number of hydrogen-bond donors (Lipinski definition) is 1. The second-order valence-electron chi connectivity index (χ2n) is 9.86. The first kappa shape index (κ1) is 26.0. The van der Waals surface area contributed by atoms with E-state index < -0.39 is 0 Å². The summed E-state index contributed by atoms with van der Waals surface area (Å²) in [7, 11) is 0. The van der Waals surface area contributed by atoms with Crippen LogP contribution in [0.4, 0.5) is 5.00 Å². The maximum absolute atomic E-state index is 12.8. The molecule has 2 aromatic heterocycles. The third-order valence-corrected chi connectivity index (χ3v) is 8.54. The highest BCUT2D eigenvalue weighted by Gasteiger charge is 2.32. The lowest BCUT2D eigenvalue weighted by Crippen LogP contribution is -2.26. The topological polar surface area (TPSA) is 92.8 Å². The molecule has 0 unspecified atom stereocenters. The van der Waals surface area contributed by atoms with Crippen molar-refractivity contribution in [2.45, 2.75) is 58.3 Å². The van der Waals surface area contributed by atoms with E-state index in [0.29, 0.717) is 34.0 Å². The average molecular weight is 522 g/mol. The molecule has 1 amide bonds. The molecule has 4 rings (SSSR count). The number of para-hydroxylation sites is 1. The number of ether oxygens (including phenoxy) is 1. The summed E-state index contributed by atoms with van der Waals surface area (Å²) in [6.07, 6.45) is 4.68. The molecule has 0 fully saturated rings. The summed E-state index contributed by atoms with van der Waals surface area (Å²) < 4.78 is 7.71. The third-order valence-electron chi connectivity index (χ3n) is 6.40. The van der Waals surface area contributed by atoms with Crippen LogP contribution in [0, 0.1) is 22.7 Å². The van der Waals surface area contributed by atoms with Crippen molar-refractivity contribution >= 4 is 34.0 Å². The molecule has 0 saturated heterocycles. The Labute approximate surface area is 220 Å². The zero-order chi connectivity index (χ0) is 25.7. The van der Waals surface area contributed by atoms with Crippen LogP contribution >= 0.6 is 23.1 Å². The Morgan fingerprint density at radius 1 is 1.36 bits per heavy atom. The van der Waals surface area contributed by atoms with Gasteiger partial charge in [-0.2, -0.15) is 5.26 Å². The van der Waals surface area contributed by atoms with Crippen LogP contribution in [0.3, 0.4) is 0 Å². The number of rotatable bonds is 9. The van der Waals surface area contributed by atoms with Gasteiger partial charge in [0.15, 0.2) is 11.0 Å². The van der Waals surface area contributed by atoms with Crippen molar-refractivity contribution in [3.05, 3.63) is 64.8 Å². The van der Waals surface area contributed by atoms with Gasteiger partial charge in [0.2, 0.25) is 5.91 Å². The number of thiophene rings is 1. The number of carbonyl (C=O) groups excluding carboxylic acids is 1. The molecule has 1 aliphatic rings. The molecule has 7 nitrogen and oxygen atoms in total. The molecule has 2 heterocycles. The first-order valence-corrected chi connectivity index (χ1v) is 13.8. The van der Waals surface area contributed by atoms with Crippen molar-refractivity contribution in [2.75, 3.05) is 11.1 Å². The van der Waals surface area contributed by atoms with Crippen LogP contribution in [0.15, 0.2) is 48.1 Å². The fourth-order valence-electron chi connectivity index (χ4n) is 4.33. The Kier molecular flexibility index (Phi) is 8.17. The number of nitrogens with one attached hydrogen (secondary N) is 1. The van der Waals surface area contributed by atoms with E-state index in [2.05, 4.69) is 48.9 Å². The van der Waals surface area contributed by atoms with Gasteiger partial charge in [-0.1, -0.05) is 56.8 Å². The minimum Gasteiger partial charge on any atom is -0.486 e. The molecule has 0 aliphatic heterocycles. The molecule has 1 aliphatic carbocycles. The van der Waals surface area contributed by atoms with E-state index in [1.807, 2.05) is 34.9 Å². The largest absolute Gasteiger partial charge is 0.486 e. The van der Waals surface area contributed by atoms with Crippen molar-refractivity contribution in [3.63, 3.8) is 0 Å². The first-order chi connectivity index (χ1) is 17.3. The van der Waals surface area contributed by atoms with Crippen LogP contribution < -0.4 is 10.1 Å². The summed E-state index contributed by atoms with van der Waals surface area (Å²) in [5.41, 5.74) is 1.96. The lowest BCUT2D eigenvalue weighted by atomic mass is 9.72. The van der Waals surface area contributed by atoms with Gasteiger partial charge in [0.25, 0.3) is 0 Å². The smallest absolute Gasteiger partial charge is 0.235 e. The predicted molar refractivity (Wildman–Crippen MR) is 144 cm³/mol. The Hall–Kier alpha value is -3.09. The number of fused-ring (bicyclic) bond motifs is 1. The number of hydrogen-bond acceptors (Lipinski definition) is 7. The number of benzene rings is 1. The summed E-state index contributed by atoms with van der Waals surface area (Å²) in [5, 5.41) is 22.6. The molecular formula is C27H31N5O2S2. The summed E-state index contributed by atoms with van der Waals surface area (Å²) in [5.74, 6) is 1.98. The molecule has 0 spiro atoms. The quantitative estimate of drug-likeness (QED) is 0.280. The van der Waals surface area contributed by atoms with Gasteiger partial charge in [-0.3, -0.25) is 9.36 Å². The molecule has 9 heteroatoms. The van der Waals surface area contributed by atoms with E-state index in [-0.39, 0.29) is 23.7 Å². The number of nitriles is 1. The highest BCUT2D eigenvalue weighted by Crippen LogP contribution is 2.44. The predicted octanol–water partition coefficient (Wildman–Crippen LogP) is 5.86. The molecule has 1 aromatic carbocycles. The van der Waals surface area contributed by atoms with Crippen molar-refractivity contribution < 1.29 is 9.53 Å². The highest BCUT2D eigenvalue weighted by molar-refractivity contribution is 7.99. The second kappa shape index (κ2) is 11.3. The standard InChI is InChI=1S/C27H31N5O2S2/c1-5-13-32-23(16-34-19-9-7-6-8-10-19)30-31-26(32)35-17-24(33)29-25-21(15-28)20-12-11-18(27(2,3)4)14-22(20)36-25/h5-10,18H,1,11-14,16-17H2,2-4H3,(H,29,33)/t18-/m1/s1. The molecule has 1 atom stereocenters. The van der Waals surface area contributed by atoms with Gasteiger partial charge in [-0.05, 0) is 48.3 Å². The van der Waals surface area contributed by atoms with Crippen molar-refractivity contribution in [1.29, 1.82) is 5.26 Å². The highest BCUT2D eigenvalue weighted by atomic mass is 32.2. The van der Waals surface area contributed by atoms with Crippen LogP contribution in [0.1, 0.15) is 49.0 Å². The Bertz CT molecular complexity index is 1270. The van der Waals surface area contributed by atoms with Gasteiger partial charge in [0, 0.05) is 11.4 Å². The van der Waals surface area contributed by atoms with Crippen LogP contribution in [0.2, 0.25) is 0 Å². The van der Waals surface area contributed by atoms with Crippen LogP contribution in [-0.4, -0.2) is 26.4 Å². The molecule has 1 N–H and O–H groups in total. The summed E-state index contributed by atoms with van der Waals surface area (Å²) in [4.78, 5) is 14.1. The van der Waals surface area contributed by atoms with E-state index in [1.165, 1.54) is 16.6 Å². The van der Waals surface area contributed by atoms with Gasteiger partial charge < -0.3 is 10.1 Å². The minimum atomic E-state index is -0.169. The summed E-state index contributed by atoms with van der Waals surface area (Å²) in [6, 6.07) is 11.9. The molecular weight excluding hydrogens is 490 g/mol. The third kappa shape index (κ3) is 6.00. The Morgan fingerprint density at radius 2 is 2.14 bits per heavy atom. The van der Waals surface area contributed by atoms with Crippen molar-refractivity contribution in [2.24, 2.45) is 11.3 Å². The van der Waals surface area contributed by atoms with Gasteiger partial charge in [-0.25, -0.2) is 0 Å². The van der Waals surface area contributed by atoms with E-state index in [1.54, 1.807) is 17.4 Å². The summed E-state index contributed by atoms with van der Waals surface area (Å²) in [6.45, 7) is 11.4. The number of nitrogens with zero attached hydrogens (tertiary/aromatic N) is 4. The van der Waals surface area contributed by atoms with E-state index >= 15 is 0 Å². The molecule has 188 valence electrons. The molecule has 0 saturated carbocycles. The number of aromatic nitrogens is 3. The molecule has 0 bridgehead atoms. The SMILES string of the molecule is C=CCn1c(COc2ccccc2)nnc1SCC(=O)Nc1sc2c(c1C#N)CC[C@@H](C(C)(C)C)C2. The summed E-state index contributed by atoms with van der Waals surface area (Å²) >= 11 is 2.85. The van der Waals surface area contributed by atoms with E-state index in [9.17, 15) is 10.1 Å². The van der Waals surface area contributed by atoms with Crippen LogP contribution in [-0.2, 0) is 30.8 Å². The van der Waals surface area contributed by atoms with Crippen LogP contribution in [0.5, 0.6) is 5.75 Å². The average Bonchev–Trinajstić information content (AvgIpc) is 3.41. The first-order valence-electron chi connectivity index (χ1n) is 12.0. The van der Waals surface area contributed by atoms with Gasteiger partial charge in [-0.15, -0.1) is 28.1 Å². The van der Waals surface area contributed by atoms with Crippen molar-refractivity contribution in [3.8, 4) is 11.8 Å². The lowest BCUT2D eigenvalue weighted by molar-refractivity contribution is -0.113. The number of thioether (sulfide) groups is 1. The number of amides is 1. The number of anilines is 1.